The van der Waals surface area contributed by atoms with Crippen molar-refractivity contribution in [2.45, 2.75) is 0 Å². The standard InChI is InChI=1S/C9H10N4O3/c1-13-5-6(7(10)12-8(13)14)3-2-4-11-9(15)16/h5,11H,4H2,1H3,(H,15,16)(H2,10,12,14). The molecule has 16 heavy (non-hydrogen) atoms. The van der Waals surface area contributed by atoms with E-state index < -0.39 is 11.8 Å². The zero-order chi connectivity index (χ0) is 12.1. The van der Waals surface area contributed by atoms with Gasteiger partial charge in [-0.15, -0.1) is 0 Å². The van der Waals surface area contributed by atoms with Crippen molar-refractivity contribution in [1.29, 1.82) is 0 Å². The maximum absolute atomic E-state index is 11.0. The Morgan fingerprint density at radius 2 is 2.44 bits per heavy atom. The Balaban J connectivity index is 2.85. The molecule has 0 fully saturated rings. The topological polar surface area (TPSA) is 110 Å². The number of nitrogens with two attached hydrogens (primary N) is 1. The van der Waals surface area contributed by atoms with Crippen molar-refractivity contribution in [2.24, 2.45) is 7.05 Å². The van der Waals surface area contributed by atoms with E-state index in [0.29, 0.717) is 5.56 Å². The van der Waals surface area contributed by atoms with Crippen LogP contribution in [0.2, 0.25) is 0 Å². The molecule has 0 unspecified atom stereocenters. The van der Waals surface area contributed by atoms with Gasteiger partial charge in [-0.2, -0.15) is 4.98 Å². The smallest absolute Gasteiger partial charge is 0.405 e. The first kappa shape index (κ1) is 11.6. The van der Waals surface area contributed by atoms with E-state index in [2.05, 4.69) is 22.1 Å². The molecular weight excluding hydrogens is 212 g/mol. The molecule has 0 aromatic carbocycles. The number of anilines is 1. The molecular formula is C9H10N4O3. The predicted molar refractivity (Wildman–Crippen MR) is 56.8 cm³/mol. The first-order valence-electron chi connectivity index (χ1n) is 4.29. The number of nitrogens with one attached hydrogen (secondary N) is 1. The van der Waals surface area contributed by atoms with Crippen LogP contribution < -0.4 is 16.7 Å². The van der Waals surface area contributed by atoms with Gasteiger partial charge in [0.15, 0.2) is 0 Å². The maximum Gasteiger partial charge on any atom is 0.405 e. The van der Waals surface area contributed by atoms with Gasteiger partial charge in [-0.05, 0) is 0 Å². The zero-order valence-corrected chi connectivity index (χ0v) is 8.52. The molecule has 1 amide bonds. The van der Waals surface area contributed by atoms with Crippen LogP contribution in [0.1, 0.15) is 5.56 Å². The summed E-state index contributed by atoms with van der Waals surface area (Å²) in [6, 6.07) is 0. The van der Waals surface area contributed by atoms with Gasteiger partial charge in [0, 0.05) is 13.2 Å². The molecule has 7 nitrogen and oxygen atoms in total. The summed E-state index contributed by atoms with van der Waals surface area (Å²) < 4.78 is 1.24. The minimum absolute atomic E-state index is 0.0163. The highest BCUT2D eigenvalue weighted by atomic mass is 16.4. The van der Waals surface area contributed by atoms with Crippen molar-refractivity contribution in [3.05, 3.63) is 22.2 Å². The molecule has 1 heterocycles. The van der Waals surface area contributed by atoms with Crippen LogP contribution in [-0.4, -0.2) is 27.3 Å². The molecule has 0 spiro atoms. The monoisotopic (exact) mass is 222 g/mol. The molecule has 84 valence electrons. The zero-order valence-electron chi connectivity index (χ0n) is 8.52. The molecule has 0 atom stereocenters. The van der Waals surface area contributed by atoms with Gasteiger partial charge in [-0.25, -0.2) is 9.59 Å². The minimum atomic E-state index is -1.15. The first-order valence-corrected chi connectivity index (χ1v) is 4.29. The van der Waals surface area contributed by atoms with Crippen LogP contribution in [0, 0.1) is 11.8 Å². The first-order chi connectivity index (χ1) is 7.50. The summed E-state index contributed by atoms with van der Waals surface area (Å²) in [5.41, 5.74) is 5.39. The highest BCUT2D eigenvalue weighted by molar-refractivity contribution is 5.64. The van der Waals surface area contributed by atoms with Gasteiger partial charge in [0.05, 0.1) is 12.1 Å². The van der Waals surface area contributed by atoms with E-state index in [1.807, 2.05) is 0 Å². The lowest BCUT2D eigenvalue weighted by atomic mass is 10.3. The Morgan fingerprint density at radius 3 is 3.06 bits per heavy atom. The highest BCUT2D eigenvalue weighted by Crippen LogP contribution is 2.00. The molecule has 0 aliphatic rings. The van der Waals surface area contributed by atoms with Crippen LogP contribution in [0.25, 0.3) is 0 Å². The third-order valence-corrected chi connectivity index (χ3v) is 1.67. The molecule has 0 radical (unpaired) electrons. The molecule has 1 aromatic heterocycles. The second kappa shape index (κ2) is 4.84. The predicted octanol–water partition coefficient (Wildman–Crippen LogP) is -1.02. The van der Waals surface area contributed by atoms with Gasteiger partial charge >= 0.3 is 11.8 Å². The van der Waals surface area contributed by atoms with E-state index in [9.17, 15) is 9.59 Å². The van der Waals surface area contributed by atoms with Gasteiger partial charge in [0.1, 0.15) is 5.82 Å². The van der Waals surface area contributed by atoms with E-state index in [1.165, 1.54) is 17.8 Å². The number of amides is 1. The fraction of sp³-hybridized carbons (Fsp3) is 0.222. The second-order valence-electron chi connectivity index (χ2n) is 2.89. The number of aryl methyl sites for hydroxylation is 1. The molecule has 0 bridgehead atoms. The molecule has 0 aliphatic heterocycles. The molecule has 0 aliphatic carbocycles. The lowest BCUT2D eigenvalue weighted by molar-refractivity contribution is 0.196. The highest BCUT2D eigenvalue weighted by Gasteiger charge is 2.00. The lowest BCUT2D eigenvalue weighted by Crippen LogP contribution is -2.22. The molecule has 4 N–H and O–H groups in total. The third kappa shape index (κ3) is 3.02. The van der Waals surface area contributed by atoms with Gasteiger partial charge < -0.3 is 20.7 Å². The average Bonchev–Trinajstić information content (AvgIpc) is 2.19. The number of nitrogens with zero attached hydrogens (tertiary/aromatic N) is 2. The number of hydrogen-bond donors (Lipinski definition) is 3. The van der Waals surface area contributed by atoms with Crippen molar-refractivity contribution < 1.29 is 9.90 Å². The van der Waals surface area contributed by atoms with Crippen LogP contribution in [0.5, 0.6) is 0 Å². The Kier molecular flexibility index (Phi) is 3.50. The molecule has 1 rings (SSSR count). The summed E-state index contributed by atoms with van der Waals surface area (Å²) in [5, 5.41) is 10.4. The van der Waals surface area contributed by atoms with Crippen LogP contribution in [0.3, 0.4) is 0 Å². The third-order valence-electron chi connectivity index (χ3n) is 1.67. The van der Waals surface area contributed by atoms with Crippen molar-refractivity contribution in [1.82, 2.24) is 14.9 Å². The maximum atomic E-state index is 11.0. The van der Waals surface area contributed by atoms with Crippen LogP contribution in [0.15, 0.2) is 11.0 Å². The summed E-state index contributed by atoms with van der Waals surface area (Å²) in [4.78, 5) is 24.7. The number of rotatable bonds is 1. The number of aromatic nitrogens is 2. The number of carbonyl (C=O) groups is 1. The summed E-state index contributed by atoms with van der Waals surface area (Å²) >= 11 is 0. The van der Waals surface area contributed by atoms with Crippen molar-refractivity contribution in [3.8, 4) is 11.8 Å². The molecule has 7 heteroatoms. The SMILES string of the molecule is Cn1cc(C#CCNC(=O)O)c(N)nc1=O. The Hall–Kier alpha value is -2.49. The van der Waals surface area contributed by atoms with Crippen molar-refractivity contribution >= 4 is 11.9 Å². The quantitative estimate of drug-likeness (QED) is 0.527. The molecule has 0 saturated carbocycles. The summed E-state index contributed by atoms with van der Waals surface area (Å²) in [7, 11) is 1.52. The van der Waals surface area contributed by atoms with Gasteiger partial charge in [0.2, 0.25) is 0 Å². The Morgan fingerprint density at radius 1 is 1.75 bits per heavy atom. The summed E-state index contributed by atoms with van der Waals surface area (Å²) in [6.07, 6.45) is 0.291. The van der Waals surface area contributed by atoms with E-state index in [-0.39, 0.29) is 12.4 Å². The number of hydrogen-bond acceptors (Lipinski definition) is 4. The van der Waals surface area contributed by atoms with E-state index in [0.717, 1.165) is 0 Å². The Bertz CT molecular complexity index is 524. The normalized spacial score (nSPS) is 9.06. The lowest BCUT2D eigenvalue weighted by Gasteiger charge is -1.99. The van der Waals surface area contributed by atoms with E-state index in [4.69, 9.17) is 10.8 Å². The van der Waals surface area contributed by atoms with Crippen LogP contribution in [-0.2, 0) is 7.05 Å². The van der Waals surface area contributed by atoms with Gasteiger partial charge in [-0.3, -0.25) is 0 Å². The second-order valence-corrected chi connectivity index (χ2v) is 2.89. The summed E-state index contributed by atoms with van der Waals surface area (Å²) in [5.74, 6) is 5.19. The molecule has 1 aromatic rings. The average molecular weight is 222 g/mol. The Labute approximate surface area is 90.9 Å². The van der Waals surface area contributed by atoms with E-state index >= 15 is 0 Å². The van der Waals surface area contributed by atoms with Gasteiger partial charge in [0.25, 0.3) is 0 Å². The summed E-state index contributed by atoms with van der Waals surface area (Å²) in [6.45, 7) is -0.0163. The van der Waals surface area contributed by atoms with Crippen molar-refractivity contribution in [3.63, 3.8) is 0 Å². The van der Waals surface area contributed by atoms with Gasteiger partial charge in [-0.1, -0.05) is 11.8 Å². The van der Waals surface area contributed by atoms with E-state index in [1.54, 1.807) is 0 Å². The van der Waals surface area contributed by atoms with Crippen LogP contribution >= 0.6 is 0 Å². The largest absolute Gasteiger partial charge is 0.465 e. The molecule has 0 saturated heterocycles. The number of nitrogen functional groups attached to an aromatic ring is 1. The van der Waals surface area contributed by atoms with Crippen LogP contribution in [0.4, 0.5) is 10.6 Å². The fourth-order valence-electron chi connectivity index (χ4n) is 0.913. The fourth-order valence-corrected chi connectivity index (χ4v) is 0.913. The number of carboxylic acid groups (broad SMARTS) is 1. The minimum Gasteiger partial charge on any atom is -0.465 e. The van der Waals surface area contributed by atoms with Crippen molar-refractivity contribution in [2.75, 3.05) is 12.3 Å².